The van der Waals surface area contributed by atoms with Crippen LogP contribution in [-0.4, -0.2) is 41.7 Å². The molecule has 0 amide bonds. The topological polar surface area (TPSA) is 105 Å². The molecule has 0 fully saturated rings. The lowest BCUT2D eigenvalue weighted by Gasteiger charge is -2.05. The quantitative estimate of drug-likeness (QED) is 0.360. The molecule has 6 nitrogen and oxygen atoms in total. The SMILES string of the molecule is CO/N=C(\C[C@@H](O)CN)C(=O)O. The molecule has 4 N–H and O–H groups in total. The molecule has 0 unspecified atom stereocenters. The number of nitrogens with two attached hydrogens (primary N) is 1. The minimum Gasteiger partial charge on any atom is -0.477 e. The van der Waals surface area contributed by atoms with Crippen LogP contribution in [0.5, 0.6) is 0 Å². The van der Waals surface area contributed by atoms with Gasteiger partial charge in [0, 0.05) is 13.0 Å². The molecule has 0 heterocycles. The second-order valence-corrected chi connectivity index (χ2v) is 2.12. The third kappa shape index (κ3) is 3.89. The molecule has 0 radical (unpaired) electrons. The highest BCUT2D eigenvalue weighted by atomic mass is 16.6. The minimum absolute atomic E-state index is 0.00395. The lowest BCUT2D eigenvalue weighted by molar-refractivity contribution is -0.129. The Balaban J connectivity index is 4.14. The van der Waals surface area contributed by atoms with Gasteiger partial charge in [0.05, 0.1) is 6.10 Å². The van der Waals surface area contributed by atoms with E-state index in [-0.39, 0.29) is 18.7 Å². The van der Waals surface area contributed by atoms with Crippen molar-refractivity contribution in [1.29, 1.82) is 0 Å². The molecule has 0 spiro atoms. The van der Waals surface area contributed by atoms with Crippen molar-refractivity contribution in [2.45, 2.75) is 12.5 Å². The van der Waals surface area contributed by atoms with E-state index in [1.165, 1.54) is 7.11 Å². The lowest BCUT2D eigenvalue weighted by atomic mass is 10.2. The van der Waals surface area contributed by atoms with Gasteiger partial charge in [0.2, 0.25) is 0 Å². The van der Waals surface area contributed by atoms with Crippen molar-refractivity contribution in [3.63, 3.8) is 0 Å². The second-order valence-electron chi connectivity index (χ2n) is 2.12. The van der Waals surface area contributed by atoms with Crippen LogP contribution in [-0.2, 0) is 9.63 Å². The molecule has 0 saturated heterocycles. The Kier molecular flexibility index (Phi) is 4.98. The molecule has 12 heavy (non-hydrogen) atoms. The number of carboxylic acid groups (broad SMARTS) is 1. The summed E-state index contributed by atoms with van der Waals surface area (Å²) >= 11 is 0. The maximum atomic E-state index is 10.4. The molecule has 0 aliphatic heterocycles. The number of hydrogen-bond donors (Lipinski definition) is 3. The van der Waals surface area contributed by atoms with Gasteiger partial charge in [0.1, 0.15) is 7.11 Å². The van der Waals surface area contributed by atoms with Crippen LogP contribution in [0.15, 0.2) is 5.16 Å². The van der Waals surface area contributed by atoms with E-state index in [9.17, 15) is 4.79 Å². The van der Waals surface area contributed by atoms with Gasteiger partial charge < -0.3 is 20.8 Å². The average Bonchev–Trinajstić information content (AvgIpc) is 2.03. The zero-order valence-corrected chi connectivity index (χ0v) is 6.73. The largest absolute Gasteiger partial charge is 0.477 e. The molecule has 6 heteroatoms. The zero-order valence-electron chi connectivity index (χ0n) is 6.73. The van der Waals surface area contributed by atoms with E-state index < -0.39 is 12.1 Å². The van der Waals surface area contributed by atoms with Crippen LogP contribution < -0.4 is 5.73 Å². The number of rotatable bonds is 5. The van der Waals surface area contributed by atoms with Crippen LogP contribution in [0.25, 0.3) is 0 Å². The van der Waals surface area contributed by atoms with Gasteiger partial charge in [-0.2, -0.15) is 0 Å². The number of aliphatic carboxylic acids is 1. The van der Waals surface area contributed by atoms with Gasteiger partial charge in [-0.25, -0.2) is 4.79 Å². The van der Waals surface area contributed by atoms with Crippen LogP contribution >= 0.6 is 0 Å². The predicted octanol–water partition coefficient (Wildman–Crippen LogP) is -1.22. The number of aliphatic hydroxyl groups excluding tert-OH is 1. The molecular formula is C6H12N2O4. The molecule has 0 saturated carbocycles. The fraction of sp³-hybridized carbons (Fsp3) is 0.667. The number of hydrogen-bond acceptors (Lipinski definition) is 5. The number of aliphatic hydroxyl groups is 1. The Labute approximate surface area is 69.6 Å². The van der Waals surface area contributed by atoms with Gasteiger partial charge in [0.25, 0.3) is 0 Å². The zero-order chi connectivity index (χ0) is 9.56. The highest BCUT2D eigenvalue weighted by Crippen LogP contribution is 1.94. The number of carbonyl (C=O) groups is 1. The van der Waals surface area contributed by atoms with E-state index in [1.807, 2.05) is 0 Å². The Bertz CT molecular complexity index is 180. The van der Waals surface area contributed by atoms with E-state index in [0.717, 1.165) is 0 Å². The maximum Gasteiger partial charge on any atom is 0.353 e. The molecular weight excluding hydrogens is 164 g/mol. The highest BCUT2D eigenvalue weighted by Gasteiger charge is 2.14. The molecule has 0 aromatic heterocycles. The summed E-state index contributed by atoms with van der Waals surface area (Å²) in [5, 5.41) is 20.7. The maximum absolute atomic E-state index is 10.4. The van der Waals surface area contributed by atoms with Gasteiger partial charge in [-0.15, -0.1) is 0 Å². The van der Waals surface area contributed by atoms with Gasteiger partial charge in [-0.3, -0.25) is 0 Å². The summed E-state index contributed by atoms with van der Waals surface area (Å²) < 4.78 is 0. The summed E-state index contributed by atoms with van der Waals surface area (Å²) in [6.45, 7) is -0.00395. The first-order valence-corrected chi connectivity index (χ1v) is 3.33. The third-order valence-electron chi connectivity index (χ3n) is 1.15. The monoisotopic (exact) mass is 176 g/mol. The summed E-state index contributed by atoms with van der Waals surface area (Å²) in [6, 6.07) is 0. The molecule has 1 atom stereocenters. The van der Waals surface area contributed by atoms with Crippen molar-refractivity contribution in [2.75, 3.05) is 13.7 Å². The highest BCUT2D eigenvalue weighted by molar-refractivity contribution is 6.35. The van der Waals surface area contributed by atoms with Crippen LogP contribution in [0.2, 0.25) is 0 Å². The Morgan fingerprint density at radius 1 is 1.75 bits per heavy atom. The second kappa shape index (κ2) is 5.50. The van der Waals surface area contributed by atoms with E-state index in [1.54, 1.807) is 0 Å². The number of carboxylic acids is 1. The van der Waals surface area contributed by atoms with Crippen LogP contribution in [0.3, 0.4) is 0 Å². The first-order chi connectivity index (χ1) is 5.61. The van der Waals surface area contributed by atoms with Crippen molar-refractivity contribution in [1.82, 2.24) is 0 Å². The fourth-order valence-corrected chi connectivity index (χ4v) is 0.580. The number of oxime groups is 1. The molecule has 0 aromatic carbocycles. The van der Waals surface area contributed by atoms with Crippen molar-refractivity contribution in [2.24, 2.45) is 10.9 Å². The van der Waals surface area contributed by atoms with Crippen LogP contribution in [0, 0.1) is 0 Å². The first kappa shape index (κ1) is 10.9. The fourth-order valence-electron chi connectivity index (χ4n) is 0.580. The molecule has 0 aliphatic carbocycles. The molecule has 70 valence electrons. The summed E-state index contributed by atoms with van der Waals surface area (Å²) in [5.74, 6) is -1.22. The molecule has 0 bridgehead atoms. The van der Waals surface area contributed by atoms with E-state index in [0.29, 0.717) is 0 Å². The average molecular weight is 176 g/mol. The Morgan fingerprint density at radius 2 is 2.33 bits per heavy atom. The minimum atomic E-state index is -1.22. The van der Waals surface area contributed by atoms with Crippen molar-refractivity contribution in [3.05, 3.63) is 0 Å². The van der Waals surface area contributed by atoms with E-state index >= 15 is 0 Å². The van der Waals surface area contributed by atoms with Gasteiger partial charge >= 0.3 is 5.97 Å². The Morgan fingerprint density at radius 3 is 2.67 bits per heavy atom. The van der Waals surface area contributed by atoms with E-state index in [4.69, 9.17) is 15.9 Å². The molecule has 0 aromatic rings. The molecule has 0 aliphatic rings. The van der Waals surface area contributed by atoms with Crippen LogP contribution in [0.4, 0.5) is 0 Å². The number of nitrogens with zero attached hydrogens (tertiary/aromatic N) is 1. The summed E-state index contributed by atoms with van der Waals surface area (Å²) in [5.41, 5.74) is 4.84. The predicted molar refractivity (Wildman–Crippen MR) is 41.8 cm³/mol. The summed E-state index contributed by atoms with van der Waals surface area (Å²) in [4.78, 5) is 14.6. The standard InChI is InChI=1S/C6H12N2O4/c1-12-8-5(6(10)11)2-4(9)3-7/h4,9H,2-3,7H2,1H3,(H,10,11)/b8-5+/t4-/m1/s1. The van der Waals surface area contributed by atoms with E-state index in [2.05, 4.69) is 9.99 Å². The van der Waals surface area contributed by atoms with Crippen molar-refractivity contribution in [3.8, 4) is 0 Å². The first-order valence-electron chi connectivity index (χ1n) is 3.33. The van der Waals surface area contributed by atoms with Gasteiger partial charge in [-0.1, -0.05) is 5.16 Å². The van der Waals surface area contributed by atoms with Gasteiger partial charge in [0.15, 0.2) is 5.71 Å². The normalized spacial score (nSPS) is 14.1. The van der Waals surface area contributed by atoms with Crippen molar-refractivity contribution < 1.29 is 19.8 Å². The summed E-state index contributed by atoms with van der Waals surface area (Å²) in [6.07, 6.45) is -1.00. The lowest BCUT2D eigenvalue weighted by Crippen LogP contribution is -2.26. The van der Waals surface area contributed by atoms with Gasteiger partial charge in [-0.05, 0) is 0 Å². The smallest absolute Gasteiger partial charge is 0.353 e. The summed E-state index contributed by atoms with van der Waals surface area (Å²) in [7, 11) is 1.23. The van der Waals surface area contributed by atoms with Crippen molar-refractivity contribution >= 4 is 11.7 Å². The van der Waals surface area contributed by atoms with Crippen LogP contribution in [0.1, 0.15) is 6.42 Å². The Hall–Kier alpha value is -1.14. The third-order valence-corrected chi connectivity index (χ3v) is 1.15. The molecule has 0 rings (SSSR count).